The molecule has 0 aliphatic carbocycles. The molecule has 1 aromatic heterocycles. The number of benzene rings is 1. The Balaban J connectivity index is 2.93. The Bertz CT molecular complexity index is 722. The lowest BCUT2D eigenvalue weighted by Crippen LogP contribution is -2.18. The fourth-order valence-corrected chi connectivity index (χ4v) is 2.15. The number of aryl methyl sites for hydroxylation is 1. The molecule has 0 aliphatic rings. The van der Waals surface area contributed by atoms with E-state index in [0.29, 0.717) is 0 Å². The summed E-state index contributed by atoms with van der Waals surface area (Å²) in [7, 11) is 0. The molecule has 4 nitrogen and oxygen atoms in total. The molecule has 0 saturated heterocycles. The van der Waals surface area contributed by atoms with Gasteiger partial charge in [-0.1, -0.05) is 0 Å². The van der Waals surface area contributed by atoms with Crippen LogP contribution in [0.15, 0.2) is 23.0 Å². The first-order chi connectivity index (χ1) is 8.95. The lowest BCUT2D eigenvalue weighted by atomic mass is 10.1. The Morgan fingerprint density at radius 1 is 1.32 bits per heavy atom. The monoisotopic (exact) mass is 267 g/mol. The van der Waals surface area contributed by atoms with Crippen LogP contribution in [0.5, 0.6) is 0 Å². The minimum atomic E-state index is -1.14. The summed E-state index contributed by atoms with van der Waals surface area (Å²) >= 11 is 0. The van der Waals surface area contributed by atoms with E-state index >= 15 is 0 Å². The van der Waals surface area contributed by atoms with Gasteiger partial charge in [-0.15, -0.1) is 0 Å². The summed E-state index contributed by atoms with van der Waals surface area (Å²) in [6.07, 6.45) is -0.422. The van der Waals surface area contributed by atoms with Crippen LogP contribution in [0.1, 0.15) is 12.6 Å². The quantitative estimate of drug-likeness (QED) is 0.924. The first-order valence-electron chi connectivity index (χ1n) is 5.68. The fraction of sp³-hybridized carbons (Fsp3) is 0.231. The van der Waals surface area contributed by atoms with Gasteiger partial charge in [0.05, 0.1) is 17.3 Å². The zero-order valence-electron chi connectivity index (χ0n) is 10.1. The molecule has 1 aromatic carbocycles. The topological polar surface area (TPSA) is 59.3 Å². The third-order valence-corrected chi connectivity index (χ3v) is 2.89. The van der Waals surface area contributed by atoms with E-state index < -0.39 is 29.5 Å². The van der Waals surface area contributed by atoms with Gasteiger partial charge in [-0.2, -0.15) is 0 Å². The van der Waals surface area contributed by atoms with E-state index in [1.165, 1.54) is 4.57 Å². The van der Waals surface area contributed by atoms with E-state index in [0.717, 1.165) is 18.2 Å². The summed E-state index contributed by atoms with van der Waals surface area (Å²) in [5.41, 5.74) is -0.754. The highest BCUT2D eigenvalue weighted by atomic mass is 19.1. The number of aliphatic carboxylic acids is 1. The van der Waals surface area contributed by atoms with Crippen molar-refractivity contribution in [1.82, 2.24) is 4.57 Å². The lowest BCUT2D eigenvalue weighted by Gasteiger charge is -2.14. The maximum atomic E-state index is 13.8. The molecule has 100 valence electrons. The van der Waals surface area contributed by atoms with Crippen molar-refractivity contribution < 1.29 is 18.7 Å². The van der Waals surface area contributed by atoms with Crippen molar-refractivity contribution in [2.45, 2.75) is 19.9 Å². The molecule has 2 rings (SSSR count). The Morgan fingerprint density at radius 3 is 2.53 bits per heavy atom. The highest BCUT2D eigenvalue weighted by Crippen LogP contribution is 2.20. The Labute approximate surface area is 106 Å². The van der Waals surface area contributed by atoms with Gasteiger partial charge in [0.15, 0.2) is 5.43 Å². The summed E-state index contributed by atoms with van der Waals surface area (Å²) in [5, 5.41) is 8.44. The van der Waals surface area contributed by atoms with E-state index in [1.807, 2.05) is 0 Å². The van der Waals surface area contributed by atoms with Gasteiger partial charge in [0.1, 0.15) is 11.6 Å². The van der Waals surface area contributed by atoms with Crippen molar-refractivity contribution in [3.63, 3.8) is 0 Å². The third-order valence-electron chi connectivity index (χ3n) is 2.89. The van der Waals surface area contributed by atoms with Crippen molar-refractivity contribution in [3.05, 3.63) is 45.8 Å². The van der Waals surface area contributed by atoms with Crippen LogP contribution in [0.25, 0.3) is 10.9 Å². The minimum absolute atomic E-state index is 0.150. The molecule has 0 spiro atoms. The first-order valence-corrected chi connectivity index (χ1v) is 5.68. The number of rotatable bonds is 3. The SMILES string of the molecule is CCn1c(CC(=O)O)cc(=O)c2c(F)ccc(F)c21. The summed E-state index contributed by atoms with van der Waals surface area (Å²) in [6, 6.07) is 2.85. The average Bonchev–Trinajstić information content (AvgIpc) is 2.33. The van der Waals surface area contributed by atoms with Crippen molar-refractivity contribution in [2.75, 3.05) is 0 Å². The molecule has 0 unspecified atom stereocenters. The van der Waals surface area contributed by atoms with Gasteiger partial charge >= 0.3 is 5.97 Å². The zero-order chi connectivity index (χ0) is 14.2. The zero-order valence-corrected chi connectivity index (χ0v) is 10.1. The highest BCUT2D eigenvalue weighted by molar-refractivity contribution is 5.81. The van der Waals surface area contributed by atoms with Crippen LogP contribution in [-0.2, 0) is 17.8 Å². The van der Waals surface area contributed by atoms with Gasteiger partial charge in [0.25, 0.3) is 0 Å². The van der Waals surface area contributed by atoms with Crippen molar-refractivity contribution in [3.8, 4) is 0 Å². The molecule has 1 heterocycles. The van der Waals surface area contributed by atoms with E-state index in [4.69, 9.17) is 5.11 Å². The average molecular weight is 267 g/mol. The molecule has 0 atom stereocenters. The summed E-state index contributed by atoms with van der Waals surface area (Å²) in [5.74, 6) is -2.70. The predicted octanol–water partition coefficient (Wildman–Crippen LogP) is 1.93. The predicted molar refractivity (Wildman–Crippen MR) is 65.1 cm³/mol. The van der Waals surface area contributed by atoms with Gasteiger partial charge in [-0.3, -0.25) is 9.59 Å². The van der Waals surface area contributed by atoms with Crippen LogP contribution >= 0.6 is 0 Å². The van der Waals surface area contributed by atoms with Crippen molar-refractivity contribution in [2.24, 2.45) is 0 Å². The van der Waals surface area contributed by atoms with E-state index in [9.17, 15) is 18.4 Å². The van der Waals surface area contributed by atoms with E-state index in [-0.39, 0.29) is 23.1 Å². The number of halogens is 2. The largest absolute Gasteiger partial charge is 0.481 e. The number of nitrogens with zero attached hydrogens (tertiary/aromatic N) is 1. The molecule has 6 heteroatoms. The molecular weight excluding hydrogens is 256 g/mol. The van der Waals surface area contributed by atoms with Crippen molar-refractivity contribution >= 4 is 16.9 Å². The fourth-order valence-electron chi connectivity index (χ4n) is 2.15. The van der Waals surface area contributed by atoms with Crippen LogP contribution in [0.4, 0.5) is 8.78 Å². The van der Waals surface area contributed by atoms with Gasteiger partial charge < -0.3 is 9.67 Å². The van der Waals surface area contributed by atoms with Gasteiger partial charge in [0.2, 0.25) is 0 Å². The summed E-state index contributed by atoms with van der Waals surface area (Å²) in [4.78, 5) is 22.6. The van der Waals surface area contributed by atoms with Gasteiger partial charge in [0, 0.05) is 18.3 Å². The number of carboxylic acids is 1. The number of pyridine rings is 1. The summed E-state index contributed by atoms with van der Waals surface area (Å²) in [6.45, 7) is 1.90. The molecule has 0 bridgehead atoms. The van der Waals surface area contributed by atoms with Crippen LogP contribution in [-0.4, -0.2) is 15.6 Å². The number of hydrogen-bond acceptors (Lipinski definition) is 2. The Hall–Kier alpha value is -2.24. The molecular formula is C13H11F2NO3. The minimum Gasteiger partial charge on any atom is -0.481 e. The maximum Gasteiger partial charge on any atom is 0.309 e. The van der Waals surface area contributed by atoms with Crippen LogP contribution in [0, 0.1) is 11.6 Å². The molecule has 1 N–H and O–H groups in total. The second kappa shape index (κ2) is 4.79. The van der Waals surface area contributed by atoms with Crippen LogP contribution < -0.4 is 5.43 Å². The first kappa shape index (κ1) is 13.2. The second-order valence-electron chi connectivity index (χ2n) is 4.07. The van der Waals surface area contributed by atoms with E-state index in [1.54, 1.807) is 6.92 Å². The van der Waals surface area contributed by atoms with Gasteiger partial charge in [-0.25, -0.2) is 8.78 Å². The maximum absolute atomic E-state index is 13.8. The number of fused-ring (bicyclic) bond motifs is 1. The Morgan fingerprint density at radius 2 is 1.95 bits per heavy atom. The molecule has 0 saturated carbocycles. The van der Waals surface area contributed by atoms with Gasteiger partial charge in [-0.05, 0) is 19.1 Å². The molecule has 0 amide bonds. The smallest absolute Gasteiger partial charge is 0.309 e. The number of hydrogen-bond donors (Lipinski definition) is 1. The third kappa shape index (κ3) is 2.21. The lowest BCUT2D eigenvalue weighted by molar-refractivity contribution is -0.136. The van der Waals surface area contributed by atoms with Crippen molar-refractivity contribution in [1.29, 1.82) is 0 Å². The standard InChI is InChI=1S/C13H11F2NO3/c1-2-16-7(6-11(18)19)5-10(17)12-8(14)3-4-9(15)13(12)16/h3-5H,2,6H2,1H3,(H,18,19). The number of carboxylic acid groups (broad SMARTS) is 1. The van der Waals surface area contributed by atoms with Crippen LogP contribution in [0.3, 0.4) is 0 Å². The number of carbonyl (C=O) groups is 1. The summed E-state index contributed by atoms with van der Waals surface area (Å²) < 4.78 is 28.8. The van der Waals surface area contributed by atoms with Crippen LogP contribution in [0.2, 0.25) is 0 Å². The second-order valence-corrected chi connectivity index (χ2v) is 4.07. The highest BCUT2D eigenvalue weighted by Gasteiger charge is 2.16. The van der Waals surface area contributed by atoms with E-state index in [2.05, 4.69) is 0 Å². The normalized spacial score (nSPS) is 10.9. The molecule has 19 heavy (non-hydrogen) atoms. The Kier molecular flexibility index (Phi) is 3.33. The molecule has 0 radical (unpaired) electrons. The molecule has 0 fully saturated rings. The molecule has 0 aliphatic heterocycles. The molecule has 2 aromatic rings. The number of aromatic nitrogens is 1.